The molecule has 0 aliphatic carbocycles. The van der Waals surface area contributed by atoms with Crippen molar-refractivity contribution in [3.63, 3.8) is 0 Å². The van der Waals surface area contributed by atoms with Crippen LogP contribution in [-0.2, 0) is 0 Å². The monoisotopic (exact) mass is 503 g/mol. The van der Waals surface area contributed by atoms with Crippen molar-refractivity contribution in [2.75, 3.05) is 37.7 Å². The second-order valence-electron chi connectivity index (χ2n) is 9.76. The number of halogens is 1. The molecule has 0 radical (unpaired) electrons. The Morgan fingerprint density at radius 3 is 2.57 bits per heavy atom. The molecule has 8 heteroatoms. The van der Waals surface area contributed by atoms with E-state index in [-0.39, 0.29) is 17.3 Å². The smallest absolute Gasteiger partial charge is 0.257 e. The van der Waals surface area contributed by atoms with E-state index in [0.717, 1.165) is 60.7 Å². The number of carbonyl (C=O) groups is 1. The number of nitrogens with two attached hydrogens (primary N) is 1. The third-order valence-corrected chi connectivity index (χ3v) is 7.06. The standard InChI is InChI=1S/C29H34FN5O2/c1-18(13-24-19(2)33-9-5-27(24)35-12-8-23(32-4)16-28(35)37)17-34-10-6-21(7-11-34)29-25(30)14-22(20(3)36)15-26(29)31/h5,8-9,12-16,21,32H,6-7,10-11,17,31H2,1-4H3/b18-13+. The SMILES string of the molecule is CNc1ccn(-c2ccnc(C)c2/C=C(\C)CN2CCC(c3c(N)cc(C(C)=O)cc3F)CC2)c(=O)c1. The lowest BCUT2D eigenvalue weighted by molar-refractivity contribution is 0.101. The van der Waals surface area contributed by atoms with Crippen molar-refractivity contribution < 1.29 is 9.18 Å². The van der Waals surface area contributed by atoms with Crippen LogP contribution in [0.4, 0.5) is 15.8 Å². The molecule has 2 aromatic heterocycles. The molecule has 1 aliphatic heterocycles. The number of hydrogen-bond acceptors (Lipinski definition) is 6. The number of rotatable bonds is 7. The number of nitrogens with one attached hydrogen (secondary N) is 1. The lowest BCUT2D eigenvalue weighted by atomic mass is 9.87. The largest absolute Gasteiger partial charge is 0.398 e. The van der Waals surface area contributed by atoms with Crippen molar-refractivity contribution in [1.82, 2.24) is 14.5 Å². The predicted molar refractivity (Wildman–Crippen MR) is 147 cm³/mol. The van der Waals surface area contributed by atoms with Crippen LogP contribution < -0.4 is 16.6 Å². The van der Waals surface area contributed by atoms with E-state index < -0.39 is 5.82 Å². The lowest BCUT2D eigenvalue weighted by Gasteiger charge is -2.33. The van der Waals surface area contributed by atoms with Crippen molar-refractivity contribution in [1.29, 1.82) is 0 Å². The van der Waals surface area contributed by atoms with Crippen LogP contribution in [0.5, 0.6) is 0 Å². The van der Waals surface area contributed by atoms with E-state index in [1.165, 1.54) is 13.0 Å². The quantitative estimate of drug-likeness (QED) is 0.356. The van der Waals surface area contributed by atoms with Gasteiger partial charge in [0.2, 0.25) is 0 Å². The molecule has 1 aliphatic rings. The Labute approximate surface area is 216 Å². The molecule has 0 amide bonds. The molecular formula is C29H34FN5O2. The molecule has 0 spiro atoms. The fraction of sp³-hybridized carbons (Fsp3) is 0.345. The maximum Gasteiger partial charge on any atom is 0.257 e. The number of aryl methyl sites for hydroxylation is 1. The highest BCUT2D eigenvalue weighted by atomic mass is 19.1. The maximum absolute atomic E-state index is 14.8. The molecule has 3 N–H and O–H groups in total. The van der Waals surface area contributed by atoms with Crippen LogP contribution in [0.2, 0.25) is 0 Å². The topological polar surface area (TPSA) is 93.2 Å². The molecule has 1 aromatic carbocycles. The molecule has 7 nitrogen and oxygen atoms in total. The fourth-order valence-electron chi connectivity index (χ4n) is 5.08. The summed E-state index contributed by atoms with van der Waals surface area (Å²) in [5, 5.41) is 2.99. The maximum atomic E-state index is 14.8. The summed E-state index contributed by atoms with van der Waals surface area (Å²) >= 11 is 0. The third-order valence-electron chi connectivity index (χ3n) is 7.06. The predicted octanol–water partition coefficient (Wildman–Crippen LogP) is 4.79. The van der Waals surface area contributed by atoms with Crippen LogP contribution in [0.25, 0.3) is 11.8 Å². The number of piperidine rings is 1. The molecule has 0 atom stereocenters. The van der Waals surface area contributed by atoms with Gasteiger partial charge in [-0.3, -0.25) is 24.0 Å². The molecular weight excluding hydrogens is 469 g/mol. The van der Waals surface area contributed by atoms with Gasteiger partial charge in [0.05, 0.1) is 5.69 Å². The van der Waals surface area contributed by atoms with Crippen LogP contribution >= 0.6 is 0 Å². The molecule has 194 valence electrons. The van der Waals surface area contributed by atoms with E-state index >= 15 is 0 Å². The molecule has 1 fully saturated rings. The van der Waals surface area contributed by atoms with Crippen LogP contribution in [0, 0.1) is 12.7 Å². The molecule has 37 heavy (non-hydrogen) atoms. The molecule has 0 unspecified atom stereocenters. The average molecular weight is 504 g/mol. The van der Waals surface area contributed by atoms with Gasteiger partial charge in [0.25, 0.3) is 5.56 Å². The van der Waals surface area contributed by atoms with Gasteiger partial charge in [-0.1, -0.05) is 11.6 Å². The van der Waals surface area contributed by atoms with Gasteiger partial charge in [0, 0.05) is 65.8 Å². The molecule has 4 rings (SSSR count). The Kier molecular flexibility index (Phi) is 7.88. The minimum absolute atomic E-state index is 0.0289. The molecule has 0 bridgehead atoms. The van der Waals surface area contributed by atoms with Crippen LogP contribution in [-0.4, -0.2) is 46.9 Å². The second-order valence-corrected chi connectivity index (χ2v) is 9.76. The average Bonchev–Trinajstić information content (AvgIpc) is 2.86. The van der Waals surface area contributed by atoms with Gasteiger partial charge >= 0.3 is 0 Å². The van der Waals surface area contributed by atoms with Gasteiger partial charge in [-0.2, -0.15) is 0 Å². The number of aromatic nitrogens is 2. The summed E-state index contributed by atoms with van der Waals surface area (Å²) in [5.74, 6) is -0.556. The number of Topliss-reactive ketones (excluding diaryl/α,β-unsaturated/α-hetero) is 1. The first kappa shape index (κ1) is 26.3. The van der Waals surface area contributed by atoms with Crippen LogP contribution in [0.1, 0.15) is 59.8 Å². The highest BCUT2D eigenvalue weighted by Crippen LogP contribution is 2.35. The number of hydrogen-bond donors (Lipinski definition) is 2. The van der Waals surface area contributed by atoms with Gasteiger partial charge < -0.3 is 11.1 Å². The number of nitrogens with zero attached hydrogens (tertiary/aromatic N) is 3. The lowest BCUT2D eigenvalue weighted by Crippen LogP contribution is -2.34. The van der Waals surface area contributed by atoms with E-state index in [1.54, 1.807) is 36.1 Å². The summed E-state index contributed by atoms with van der Waals surface area (Å²) in [7, 11) is 1.78. The Morgan fingerprint density at radius 2 is 1.95 bits per heavy atom. The zero-order valence-electron chi connectivity index (χ0n) is 21.8. The zero-order chi connectivity index (χ0) is 26.7. The van der Waals surface area contributed by atoms with Gasteiger partial charge in [-0.25, -0.2) is 4.39 Å². The highest BCUT2D eigenvalue weighted by Gasteiger charge is 2.25. The van der Waals surface area contributed by atoms with Crippen molar-refractivity contribution >= 4 is 23.2 Å². The van der Waals surface area contributed by atoms with Crippen LogP contribution in [0.15, 0.2) is 53.1 Å². The van der Waals surface area contributed by atoms with Gasteiger partial charge in [0.1, 0.15) is 5.82 Å². The molecule has 3 heterocycles. The van der Waals surface area contributed by atoms with Crippen molar-refractivity contribution in [2.24, 2.45) is 0 Å². The summed E-state index contributed by atoms with van der Waals surface area (Å²) in [6, 6.07) is 8.19. The number of benzene rings is 1. The van der Waals surface area contributed by atoms with Crippen LogP contribution in [0.3, 0.4) is 0 Å². The Morgan fingerprint density at radius 1 is 1.22 bits per heavy atom. The number of nitrogen functional groups attached to an aromatic ring is 1. The van der Waals surface area contributed by atoms with E-state index in [0.29, 0.717) is 16.8 Å². The third kappa shape index (κ3) is 5.80. The Bertz CT molecular complexity index is 1380. The van der Waals surface area contributed by atoms with Gasteiger partial charge in [-0.15, -0.1) is 0 Å². The van der Waals surface area contributed by atoms with E-state index in [1.807, 2.05) is 19.1 Å². The second kappa shape index (κ2) is 11.1. The Hall–Kier alpha value is -3.78. The van der Waals surface area contributed by atoms with Gasteiger partial charge in [0.15, 0.2) is 5.78 Å². The van der Waals surface area contributed by atoms with E-state index in [2.05, 4.69) is 28.2 Å². The molecule has 0 saturated carbocycles. The summed E-state index contributed by atoms with van der Waals surface area (Å²) in [6.45, 7) is 7.82. The normalized spacial score (nSPS) is 15.1. The van der Waals surface area contributed by atoms with Crippen molar-refractivity contribution in [3.8, 4) is 5.69 Å². The van der Waals surface area contributed by atoms with E-state index in [4.69, 9.17) is 5.73 Å². The fourth-order valence-corrected chi connectivity index (χ4v) is 5.08. The van der Waals surface area contributed by atoms with Gasteiger partial charge in [-0.05, 0) is 76.9 Å². The number of pyridine rings is 2. The Balaban J connectivity index is 1.49. The summed E-state index contributed by atoms with van der Waals surface area (Å²) in [6.07, 6.45) is 7.17. The number of likely N-dealkylation sites (tertiary alicyclic amines) is 1. The first-order chi connectivity index (χ1) is 17.7. The first-order valence-corrected chi connectivity index (χ1v) is 12.5. The van der Waals surface area contributed by atoms with Crippen molar-refractivity contribution in [3.05, 3.63) is 86.9 Å². The summed E-state index contributed by atoms with van der Waals surface area (Å²) in [4.78, 5) is 31.2. The van der Waals surface area contributed by atoms with Crippen molar-refractivity contribution in [2.45, 2.75) is 39.5 Å². The number of carbonyl (C=O) groups excluding carboxylic acids is 1. The zero-order valence-corrected chi connectivity index (χ0v) is 21.8. The summed E-state index contributed by atoms with van der Waals surface area (Å²) < 4.78 is 16.4. The molecule has 3 aromatic rings. The minimum Gasteiger partial charge on any atom is -0.398 e. The number of anilines is 2. The highest BCUT2D eigenvalue weighted by molar-refractivity contribution is 5.95. The number of ketones is 1. The molecule has 1 saturated heterocycles. The minimum atomic E-state index is -0.391. The first-order valence-electron chi connectivity index (χ1n) is 12.5. The van der Waals surface area contributed by atoms with E-state index in [9.17, 15) is 14.0 Å². The summed E-state index contributed by atoms with van der Waals surface area (Å²) in [5.41, 5.74) is 11.7.